The molecule has 2 aromatic carbocycles. The molecule has 0 radical (unpaired) electrons. The van der Waals surface area contributed by atoms with Gasteiger partial charge in [0, 0.05) is 11.0 Å². The van der Waals surface area contributed by atoms with Crippen LogP contribution in [0.2, 0.25) is 0 Å². The zero-order valence-electron chi connectivity index (χ0n) is 19.5. The number of aryl methyl sites for hydroxylation is 3. The molecule has 0 saturated carbocycles. The molecule has 2 rings (SSSR count). The molecule has 0 saturated heterocycles. The Bertz CT molecular complexity index is 975. The lowest BCUT2D eigenvalue weighted by Crippen LogP contribution is -2.51. The number of amides is 2. The highest BCUT2D eigenvalue weighted by Gasteiger charge is 2.32. The van der Waals surface area contributed by atoms with Gasteiger partial charge in [-0.1, -0.05) is 61.7 Å². The summed E-state index contributed by atoms with van der Waals surface area (Å²) in [5.41, 5.74) is 5.90. The Labute approximate surface area is 184 Å². The van der Waals surface area contributed by atoms with E-state index in [2.05, 4.69) is 5.43 Å². The Morgan fingerprint density at radius 1 is 1.00 bits per heavy atom. The SMILES string of the molecule is CCCC(C)(C)C(=O)NN(OC(=O)c1cc(C)cc(C)c1)C(=O)c1cccc(C)c1C. The summed E-state index contributed by atoms with van der Waals surface area (Å²) in [6.07, 6.45) is 1.42. The molecule has 2 aromatic rings. The molecule has 0 heterocycles. The summed E-state index contributed by atoms with van der Waals surface area (Å²) in [6.45, 7) is 13.0. The average Bonchev–Trinajstić information content (AvgIpc) is 2.68. The number of rotatable bonds is 5. The quantitative estimate of drug-likeness (QED) is 0.686. The van der Waals surface area contributed by atoms with Gasteiger partial charge < -0.3 is 4.84 Å². The largest absolute Gasteiger partial charge is 0.365 e. The van der Waals surface area contributed by atoms with Crippen LogP contribution in [0.4, 0.5) is 0 Å². The van der Waals surface area contributed by atoms with Gasteiger partial charge in [0.05, 0.1) is 5.56 Å². The molecule has 0 aromatic heterocycles. The Kier molecular flexibility index (Phi) is 7.60. The Morgan fingerprint density at radius 3 is 2.19 bits per heavy atom. The highest BCUT2D eigenvalue weighted by molar-refractivity contribution is 5.98. The van der Waals surface area contributed by atoms with Crippen molar-refractivity contribution in [3.63, 3.8) is 0 Å². The molecule has 6 heteroatoms. The fourth-order valence-corrected chi connectivity index (χ4v) is 3.42. The summed E-state index contributed by atoms with van der Waals surface area (Å²) in [4.78, 5) is 44.4. The van der Waals surface area contributed by atoms with Crippen molar-refractivity contribution < 1.29 is 19.2 Å². The maximum absolute atomic E-state index is 13.3. The standard InChI is InChI=1S/C25H32N2O4/c1-8-12-25(6,7)24(30)26-27(22(28)21-11-9-10-18(4)19(21)5)31-23(29)20-14-16(2)13-17(3)15-20/h9-11,13-15H,8,12H2,1-7H3,(H,26,30). The predicted molar refractivity (Wildman–Crippen MR) is 120 cm³/mol. The first kappa shape index (κ1) is 24.1. The van der Waals surface area contributed by atoms with Gasteiger partial charge in [0.15, 0.2) is 0 Å². The zero-order chi connectivity index (χ0) is 23.3. The normalized spacial score (nSPS) is 11.1. The summed E-state index contributed by atoms with van der Waals surface area (Å²) in [5.74, 6) is -1.74. The second-order valence-electron chi connectivity index (χ2n) is 8.68. The van der Waals surface area contributed by atoms with Crippen molar-refractivity contribution in [1.82, 2.24) is 10.6 Å². The third-order valence-electron chi connectivity index (χ3n) is 5.34. The molecule has 2 amide bonds. The Balaban J connectivity index is 2.39. The third kappa shape index (κ3) is 5.94. The van der Waals surface area contributed by atoms with Crippen molar-refractivity contribution in [2.24, 2.45) is 5.41 Å². The maximum atomic E-state index is 13.3. The summed E-state index contributed by atoms with van der Waals surface area (Å²) < 4.78 is 0. The summed E-state index contributed by atoms with van der Waals surface area (Å²) in [5, 5.41) is 0.668. The minimum atomic E-state index is -0.735. The molecule has 0 aliphatic rings. The molecule has 166 valence electrons. The molecule has 0 aliphatic heterocycles. The van der Waals surface area contributed by atoms with Crippen molar-refractivity contribution in [2.75, 3.05) is 0 Å². The van der Waals surface area contributed by atoms with E-state index in [4.69, 9.17) is 4.84 Å². The number of nitrogens with zero attached hydrogens (tertiary/aromatic N) is 1. The number of hydrogen-bond donors (Lipinski definition) is 1. The van der Waals surface area contributed by atoms with Crippen LogP contribution in [0.3, 0.4) is 0 Å². The first-order valence-corrected chi connectivity index (χ1v) is 10.5. The highest BCUT2D eigenvalue weighted by atomic mass is 16.7. The van der Waals surface area contributed by atoms with Gasteiger partial charge in [-0.2, -0.15) is 0 Å². The van der Waals surface area contributed by atoms with Gasteiger partial charge in [0.1, 0.15) is 0 Å². The van der Waals surface area contributed by atoms with Crippen molar-refractivity contribution in [3.05, 3.63) is 69.8 Å². The third-order valence-corrected chi connectivity index (χ3v) is 5.34. The highest BCUT2D eigenvalue weighted by Crippen LogP contribution is 2.23. The Hall–Kier alpha value is -3.15. The monoisotopic (exact) mass is 424 g/mol. The van der Waals surface area contributed by atoms with Crippen LogP contribution in [0.15, 0.2) is 36.4 Å². The van der Waals surface area contributed by atoms with Crippen LogP contribution in [-0.2, 0) is 9.63 Å². The van der Waals surface area contributed by atoms with Gasteiger partial charge in [-0.05, 0) is 63.4 Å². The van der Waals surface area contributed by atoms with E-state index in [1.165, 1.54) is 0 Å². The van der Waals surface area contributed by atoms with Crippen LogP contribution in [0.1, 0.15) is 76.6 Å². The summed E-state index contributed by atoms with van der Waals surface area (Å²) in [6, 6.07) is 10.6. The number of hydrazine groups is 1. The van der Waals surface area contributed by atoms with Crippen LogP contribution >= 0.6 is 0 Å². The molecule has 0 unspecified atom stereocenters. The smallest absolute Gasteiger partial charge is 0.312 e. The molecule has 0 bridgehead atoms. The van der Waals surface area contributed by atoms with Crippen molar-refractivity contribution in [1.29, 1.82) is 0 Å². The number of nitrogens with one attached hydrogen (secondary N) is 1. The summed E-state index contributed by atoms with van der Waals surface area (Å²) in [7, 11) is 0. The molecular weight excluding hydrogens is 392 g/mol. The molecule has 0 fully saturated rings. The van der Waals surface area contributed by atoms with Gasteiger partial charge in [-0.25, -0.2) is 10.2 Å². The van der Waals surface area contributed by atoms with E-state index in [0.29, 0.717) is 22.7 Å². The number of carbonyl (C=O) groups excluding carboxylic acids is 3. The van der Waals surface area contributed by atoms with Gasteiger partial charge in [-0.3, -0.25) is 9.59 Å². The van der Waals surface area contributed by atoms with Gasteiger partial charge in [-0.15, -0.1) is 0 Å². The van der Waals surface area contributed by atoms with E-state index in [1.807, 2.05) is 46.8 Å². The van der Waals surface area contributed by atoms with E-state index in [9.17, 15) is 14.4 Å². The number of carbonyl (C=O) groups is 3. The van der Waals surface area contributed by atoms with Crippen LogP contribution in [0.5, 0.6) is 0 Å². The van der Waals surface area contributed by atoms with Crippen molar-refractivity contribution in [2.45, 2.75) is 61.3 Å². The van der Waals surface area contributed by atoms with E-state index >= 15 is 0 Å². The van der Waals surface area contributed by atoms with Crippen LogP contribution in [-0.4, -0.2) is 23.0 Å². The van der Waals surface area contributed by atoms with Crippen LogP contribution in [0, 0.1) is 33.1 Å². The topological polar surface area (TPSA) is 75.7 Å². The molecule has 1 N–H and O–H groups in total. The number of hydroxylamine groups is 1. The van der Waals surface area contributed by atoms with Crippen molar-refractivity contribution in [3.8, 4) is 0 Å². The van der Waals surface area contributed by atoms with Gasteiger partial charge in [0.25, 0.3) is 0 Å². The van der Waals surface area contributed by atoms with Crippen LogP contribution < -0.4 is 5.43 Å². The molecule has 0 aliphatic carbocycles. The molecule has 0 atom stereocenters. The van der Waals surface area contributed by atoms with Gasteiger partial charge in [0.2, 0.25) is 5.91 Å². The van der Waals surface area contributed by atoms with Crippen LogP contribution in [0.25, 0.3) is 0 Å². The lowest BCUT2D eigenvalue weighted by molar-refractivity contribution is -0.154. The predicted octanol–water partition coefficient (Wildman–Crippen LogP) is 4.99. The molecule has 6 nitrogen and oxygen atoms in total. The summed E-state index contributed by atoms with van der Waals surface area (Å²) >= 11 is 0. The fourth-order valence-electron chi connectivity index (χ4n) is 3.42. The van der Waals surface area contributed by atoms with E-state index in [-0.39, 0.29) is 0 Å². The lowest BCUT2D eigenvalue weighted by atomic mass is 9.87. The first-order valence-electron chi connectivity index (χ1n) is 10.5. The van der Waals surface area contributed by atoms with E-state index in [1.54, 1.807) is 38.1 Å². The maximum Gasteiger partial charge on any atom is 0.365 e. The van der Waals surface area contributed by atoms with E-state index < -0.39 is 23.2 Å². The minimum absolute atomic E-state index is 0.304. The molecule has 31 heavy (non-hydrogen) atoms. The fraction of sp³-hybridized carbons (Fsp3) is 0.400. The van der Waals surface area contributed by atoms with Crippen molar-refractivity contribution >= 4 is 17.8 Å². The lowest BCUT2D eigenvalue weighted by Gasteiger charge is -2.28. The van der Waals surface area contributed by atoms with E-state index in [0.717, 1.165) is 28.7 Å². The number of benzene rings is 2. The molecule has 0 spiro atoms. The minimum Gasteiger partial charge on any atom is -0.312 e. The Morgan fingerprint density at radius 2 is 1.61 bits per heavy atom. The zero-order valence-corrected chi connectivity index (χ0v) is 19.5. The molecular formula is C25H32N2O4. The van der Waals surface area contributed by atoms with Gasteiger partial charge >= 0.3 is 11.9 Å². The average molecular weight is 425 g/mol. The first-order chi connectivity index (χ1) is 14.5. The second-order valence-corrected chi connectivity index (χ2v) is 8.68. The second kappa shape index (κ2) is 9.77. The number of hydrogen-bond acceptors (Lipinski definition) is 4.